The van der Waals surface area contributed by atoms with Gasteiger partial charge in [-0.2, -0.15) is 0 Å². The van der Waals surface area contributed by atoms with Crippen molar-refractivity contribution in [1.82, 2.24) is 10.6 Å². The molecule has 0 aromatic rings. The van der Waals surface area contributed by atoms with Crippen LogP contribution < -0.4 is 10.6 Å². The predicted molar refractivity (Wildman–Crippen MR) is 66.8 cm³/mol. The van der Waals surface area contributed by atoms with E-state index in [0.717, 1.165) is 25.7 Å². The highest BCUT2D eigenvalue weighted by atomic mass is 16.5. The van der Waals surface area contributed by atoms with Crippen LogP contribution in [0, 0.1) is 0 Å². The lowest BCUT2D eigenvalue weighted by Gasteiger charge is -2.34. The van der Waals surface area contributed by atoms with Gasteiger partial charge in [0.1, 0.15) is 0 Å². The average molecular weight is 240 g/mol. The number of hydrogen-bond acceptors (Lipinski definition) is 3. The molecule has 0 aromatic carbocycles. The monoisotopic (exact) mass is 240 g/mol. The SMILES string of the molecule is COC1CC(NCC(=O)NC2CCCCC2)C1. The van der Waals surface area contributed by atoms with Gasteiger partial charge in [0.15, 0.2) is 0 Å². The molecule has 2 rings (SSSR count). The normalized spacial score (nSPS) is 29.7. The molecule has 4 nitrogen and oxygen atoms in total. The van der Waals surface area contributed by atoms with Crippen molar-refractivity contribution in [3.63, 3.8) is 0 Å². The maximum Gasteiger partial charge on any atom is 0.234 e. The number of ether oxygens (including phenoxy) is 1. The highest BCUT2D eigenvalue weighted by molar-refractivity contribution is 5.78. The zero-order chi connectivity index (χ0) is 12.1. The van der Waals surface area contributed by atoms with E-state index in [0.29, 0.717) is 24.7 Å². The van der Waals surface area contributed by atoms with Crippen LogP contribution in [-0.4, -0.2) is 37.7 Å². The van der Waals surface area contributed by atoms with E-state index < -0.39 is 0 Å². The summed E-state index contributed by atoms with van der Waals surface area (Å²) in [5.74, 6) is 0.151. The third-order valence-corrected chi connectivity index (χ3v) is 3.95. The van der Waals surface area contributed by atoms with Gasteiger partial charge < -0.3 is 15.4 Å². The van der Waals surface area contributed by atoms with Crippen LogP contribution in [0.4, 0.5) is 0 Å². The highest BCUT2D eigenvalue weighted by Crippen LogP contribution is 2.22. The smallest absolute Gasteiger partial charge is 0.234 e. The number of nitrogens with one attached hydrogen (secondary N) is 2. The van der Waals surface area contributed by atoms with Gasteiger partial charge in [-0.15, -0.1) is 0 Å². The molecule has 98 valence electrons. The zero-order valence-corrected chi connectivity index (χ0v) is 10.7. The average Bonchev–Trinajstić information content (AvgIpc) is 2.28. The van der Waals surface area contributed by atoms with Gasteiger partial charge in [-0.1, -0.05) is 19.3 Å². The molecule has 0 aromatic heterocycles. The molecule has 0 radical (unpaired) electrons. The van der Waals surface area contributed by atoms with Crippen molar-refractivity contribution in [2.75, 3.05) is 13.7 Å². The Bertz CT molecular complexity index is 246. The highest BCUT2D eigenvalue weighted by Gasteiger charge is 2.28. The quantitative estimate of drug-likeness (QED) is 0.759. The lowest BCUT2D eigenvalue weighted by atomic mass is 9.89. The minimum Gasteiger partial charge on any atom is -0.381 e. The molecule has 2 aliphatic carbocycles. The first-order chi connectivity index (χ1) is 8.28. The van der Waals surface area contributed by atoms with Crippen LogP contribution in [0.1, 0.15) is 44.9 Å². The minimum absolute atomic E-state index is 0.151. The number of hydrogen-bond donors (Lipinski definition) is 2. The largest absolute Gasteiger partial charge is 0.381 e. The lowest BCUT2D eigenvalue weighted by molar-refractivity contribution is -0.121. The number of methoxy groups -OCH3 is 1. The molecule has 0 unspecified atom stereocenters. The Morgan fingerprint density at radius 3 is 2.53 bits per heavy atom. The lowest BCUT2D eigenvalue weighted by Crippen LogP contribution is -2.49. The molecule has 0 bridgehead atoms. The van der Waals surface area contributed by atoms with E-state index in [1.165, 1.54) is 19.3 Å². The van der Waals surface area contributed by atoms with Crippen LogP contribution in [0.3, 0.4) is 0 Å². The van der Waals surface area contributed by atoms with Crippen LogP contribution in [0.25, 0.3) is 0 Å². The van der Waals surface area contributed by atoms with Gasteiger partial charge in [-0.3, -0.25) is 4.79 Å². The Balaban J connectivity index is 1.55. The topological polar surface area (TPSA) is 50.4 Å². The van der Waals surface area contributed by atoms with Crippen molar-refractivity contribution >= 4 is 5.91 Å². The number of carbonyl (C=O) groups is 1. The number of rotatable bonds is 5. The Hall–Kier alpha value is -0.610. The van der Waals surface area contributed by atoms with E-state index in [9.17, 15) is 4.79 Å². The van der Waals surface area contributed by atoms with Gasteiger partial charge in [0, 0.05) is 19.2 Å². The van der Waals surface area contributed by atoms with Crippen LogP contribution in [0.5, 0.6) is 0 Å². The third-order valence-electron chi connectivity index (χ3n) is 3.95. The van der Waals surface area contributed by atoms with E-state index in [1.54, 1.807) is 7.11 Å². The summed E-state index contributed by atoms with van der Waals surface area (Å²) in [6, 6.07) is 0.892. The summed E-state index contributed by atoms with van der Waals surface area (Å²) in [4.78, 5) is 11.7. The summed E-state index contributed by atoms with van der Waals surface area (Å²) in [7, 11) is 1.75. The molecule has 1 amide bonds. The first kappa shape index (κ1) is 12.8. The van der Waals surface area contributed by atoms with Crippen molar-refractivity contribution in [3.05, 3.63) is 0 Å². The van der Waals surface area contributed by atoms with E-state index in [-0.39, 0.29) is 5.91 Å². The number of amides is 1. The van der Waals surface area contributed by atoms with Crippen molar-refractivity contribution < 1.29 is 9.53 Å². The minimum atomic E-state index is 0.151. The molecular formula is C13H24N2O2. The second-order valence-electron chi connectivity index (χ2n) is 5.31. The van der Waals surface area contributed by atoms with Gasteiger partial charge in [0.05, 0.1) is 12.6 Å². The van der Waals surface area contributed by atoms with E-state index in [1.807, 2.05) is 0 Å². The molecule has 2 N–H and O–H groups in total. The molecular weight excluding hydrogens is 216 g/mol. The fraction of sp³-hybridized carbons (Fsp3) is 0.923. The fourth-order valence-electron chi connectivity index (χ4n) is 2.69. The van der Waals surface area contributed by atoms with Crippen molar-refractivity contribution in [2.45, 2.75) is 63.1 Å². The Morgan fingerprint density at radius 2 is 1.88 bits per heavy atom. The van der Waals surface area contributed by atoms with E-state index in [4.69, 9.17) is 4.74 Å². The van der Waals surface area contributed by atoms with Gasteiger partial charge in [-0.05, 0) is 25.7 Å². The maximum absolute atomic E-state index is 11.7. The second kappa shape index (κ2) is 6.36. The molecule has 4 heteroatoms. The third kappa shape index (κ3) is 3.96. The summed E-state index contributed by atoms with van der Waals surface area (Å²) in [6.45, 7) is 0.456. The van der Waals surface area contributed by atoms with E-state index >= 15 is 0 Å². The Labute approximate surface area is 103 Å². The molecule has 0 spiro atoms. The molecule has 0 saturated heterocycles. The summed E-state index contributed by atoms with van der Waals surface area (Å²) in [5.41, 5.74) is 0. The van der Waals surface area contributed by atoms with Gasteiger partial charge >= 0.3 is 0 Å². The summed E-state index contributed by atoms with van der Waals surface area (Å²) < 4.78 is 5.20. The summed E-state index contributed by atoms with van der Waals surface area (Å²) in [5, 5.41) is 6.40. The molecule has 0 atom stereocenters. The number of carbonyl (C=O) groups excluding carboxylic acids is 1. The molecule has 0 aliphatic heterocycles. The predicted octanol–water partition coefficient (Wildman–Crippen LogP) is 1.20. The fourth-order valence-corrected chi connectivity index (χ4v) is 2.69. The van der Waals surface area contributed by atoms with Crippen LogP contribution >= 0.6 is 0 Å². The van der Waals surface area contributed by atoms with Crippen LogP contribution in [0.2, 0.25) is 0 Å². The Kier molecular flexibility index (Phi) is 4.80. The zero-order valence-electron chi connectivity index (χ0n) is 10.7. The molecule has 2 fully saturated rings. The summed E-state index contributed by atoms with van der Waals surface area (Å²) in [6.07, 6.45) is 8.62. The van der Waals surface area contributed by atoms with Crippen LogP contribution in [-0.2, 0) is 9.53 Å². The van der Waals surface area contributed by atoms with Crippen molar-refractivity contribution in [3.8, 4) is 0 Å². The molecule has 2 saturated carbocycles. The first-order valence-corrected chi connectivity index (χ1v) is 6.83. The van der Waals surface area contributed by atoms with Gasteiger partial charge in [-0.25, -0.2) is 0 Å². The summed E-state index contributed by atoms with van der Waals surface area (Å²) >= 11 is 0. The van der Waals surface area contributed by atoms with Crippen molar-refractivity contribution in [2.24, 2.45) is 0 Å². The molecule has 0 heterocycles. The van der Waals surface area contributed by atoms with E-state index in [2.05, 4.69) is 10.6 Å². The molecule has 2 aliphatic rings. The first-order valence-electron chi connectivity index (χ1n) is 6.83. The van der Waals surface area contributed by atoms with Gasteiger partial charge in [0.25, 0.3) is 0 Å². The standard InChI is InChI=1S/C13H24N2O2/c1-17-12-7-11(8-12)14-9-13(16)15-10-5-3-2-4-6-10/h10-12,14H,2-9H2,1H3,(H,15,16). The van der Waals surface area contributed by atoms with Crippen LogP contribution in [0.15, 0.2) is 0 Å². The maximum atomic E-state index is 11.7. The van der Waals surface area contributed by atoms with Gasteiger partial charge in [0.2, 0.25) is 5.91 Å². The molecule has 17 heavy (non-hydrogen) atoms. The Morgan fingerprint density at radius 1 is 1.18 bits per heavy atom. The van der Waals surface area contributed by atoms with Crippen molar-refractivity contribution in [1.29, 1.82) is 0 Å². The second-order valence-corrected chi connectivity index (χ2v) is 5.31.